The van der Waals surface area contributed by atoms with Crippen LogP contribution in [0.5, 0.6) is 11.5 Å². The number of hydrogen-bond donors (Lipinski definition) is 1. The van der Waals surface area contributed by atoms with Crippen molar-refractivity contribution in [1.82, 2.24) is 5.32 Å². The summed E-state index contributed by atoms with van der Waals surface area (Å²) in [4.78, 5) is 0. The molecule has 0 heterocycles. The summed E-state index contributed by atoms with van der Waals surface area (Å²) < 4.78 is 10.8. The maximum absolute atomic E-state index is 5.51. The van der Waals surface area contributed by atoms with Crippen LogP contribution in [-0.4, -0.2) is 32.3 Å². The number of thioether (sulfide) groups is 1. The van der Waals surface area contributed by atoms with Crippen LogP contribution in [0.3, 0.4) is 0 Å². The minimum absolute atomic E-state index is 0.310. The summed E-state index contributed by atoms with van der Waals surface area (Å²) in [5, 5.41) is 3.54. The fourth-order valence-electron chi connectivity index (χ4n) is 2.03. The van der Waals surface area contributed by atoms with E-state index in [4.69, 9.17) is 9.47 Å². The molecule has 1 atom stereocenters. The summed E-state index contributed by atoms with van der Waals surface area (Å²) in [7, 11) is 3.39. The Morgan fingerprint density at radius 2 is 1.90 bits per heavy atom. The maximum atomic E-state index is 5.51. The topological polar surface area (TPSA) is 30.5 Å². The normalized spacial score (nSPS) is 12.5. The van der Waals surface area contributed by atoms with E-state index in [1.807, 2.05) is 23.9 Å². The van der Waals surface area contributed by atoms with Crippen molar-refractivity contribution in [2.75, 3.05) is 32.3 Å². The molecular weight excluding hydrogens is 270 g/mol. The molecule has 3 nitrogen and oxygen atoms in total. The third-order valence-corrected chi connectivity index (χ3v) is 4.47. The molecule has 1 rings (SSSR count). The van der Waals surface area contributed by atoms with Gasteiger partial charge in [-0.1, -0.05) is 26.8 Å². The second-order valence-electron chi connectivity index (χ2n) is 5.15. The highest BCUT2D eigenvalue weighted by atomic mass is 32.2. The van der Waals surface area contributed by atoms with Gasteiger partial charge in [-0.25, -0.2) is 0 Å². The number of methoxy groups -OCH3 is 2. The summed E-state index contributed by atoms with van der Waals surface area (Å²) in [6.07, 6.45) is 0. The molecule has 114 valence electrons. The van der Waals surface area contributed by atoms with Crippen molar-refractivity contribution in [3.63, 3.8) is 0 Å². The van der Waals surface area contributed by atoms with Gasteiger partial charge < -0.3 is 14.8 Å². The predicted octanol–water partition coefficient (Wildman–Crippen LogP) is 3.74. The zero-order valence-corrected chi connectivity index (χ0v) is 14.0. The molecular formula is C16H27NO2S. The standard InChI is InChI=1S/C16H27NO2S/c1-6-17-15(11-20-10-12(2)3)14-8-7-13(18-4)9-16(14)19-5/h7-9,12,15,17H,6,10-11H2,1-5H3. The van der Waals surface area contributed by atoms with Crippen molar-refractivity contribution in [2.24, 2.45) is 5.92 Å². The Morgan fingerprint density at radius 1 is 1.15 bits per heavy atom. The summed E-state index contributed by atoms with van der Waals surface area (Å²) in [5.41, 5.74) is 1.20. The fourth-order valence-corrected chi connectivity index (χ4v) is 3.17. The molecule has 0 aliphatic rings. The molecule has 0 radical (unpaired) electrons. The lowest BCUT2D eigenvalue weighted by molar-refractivity contribution is 0.386. The van der Waals surface area contributed by atoms with Crippen LogP contribution < -0.4 is 14.8 Å². The zero-order valence-electron chi connectivity index (χ0n) is 13.2. The van der Waals surface area contributed by atoms with Gasteiger partial charge in [0.2, 0.25) is 0 Å². The van der Waals surface area contributed by atoms with Gasteiger partial charge in [-0.05, 0) is 24.3 Å². The first-order chi connectivity index (χ1) is 9.62. The zero-order chi connectivity index (χ0) is 15.0. The maximum Gasteiger partial charge on any atom is 0.127 e. The summed E-state index contributed by atoms with van der Waals surface area (Å²) in [6.45, 7) is 7.59. The summed E-state index contributed by atoms with van der Waals surface area (Å²) in [6, 6.07) is 6.35. The van der Waals surface area contributed by atoms with Gasteiger partial charge in [0, 0.05) is 23.4 Å². The number of hydrogen-bond acceptors (Lipinski definition) is 4. The Balaban J connectivity index is 2.84. The Morgan fingerprint density at radius 3 is 2.45 bits per heavy atom. The number of benzene rings is 1. The third kappa shape index (κ3) is 5.25. The van der Waals surface area contributed by atoms with Crippen molar-refractivity contribution < 1.29 is 9.47 Å². The van der Waals surface area contributed by atoms with Crippen LogP contribution >= 0.6 is 11.8 Å². The Labute approximate surface area is 127 Å². The van der Waals surface area contributed by atoms with E-state index in [9.17, 15) is 0 Å². The first kappa shape index (κ1) is 17.2. The van der Waals surface area contributed by atoms with Crippen LogP contribution in [0.25, 0.3) is 0 Å². The van der Waals surface area contributed by atoms with Gasteiger partial charge in [-0.3, -0.25) is 0 Å². The minimum Gasteiger partial charge on any atom is -0.497 e. The highest BCUT2D eigenvalue weighted by molar-refractivity contribution is 7.99. The molecule has 0 aliphatic heterocycles. The van der Waals surface area contributed by atoms with E-state index in [0.717, 1.165) is 29.7 Å². The molecule has 0 saturated heterocycles. The van der Waals surface area contributed by atoms with Gasteiger partial charge in [0.25, 0.3) is 0 Å². The van der Waals surface area contributed by atoms with Crippen molar-refractivity contribution in [3.8, 4) is 11.5 Å². The Bertz CT molecular complexity index is 396. The summed E-state index contributed by atoms with van der Waals surface area (Å²) >= 11 is 1.98. The van der Waals surface area contributed by atoms with Crippen LogP contribution in [0.2, 0.25) is 0 Å². The van der Waals surface area contributed by atoms with Crippen LogP contribution in [0.1, 0.15) is 32.4 Å². The van der Waals surface area contributed by atoms with Gasteiger partial charge in [0.1, 0.15) is 11.5 Å². The van der Waals surface area contributed by atoms with Gasteiger partial charge in [-0.2, -0.15) is 11.8 Å². The molecule has 1 N–H and O–H groups in total. The second kappa shape index (κ2) is 9.14. The van der Waals surface area contributed by atoms with Crippen molar-refractivity contribution in [2.45, 2.75) is 26.8 Å². The van der Waals surface area contributed by atoms with Crippen LogP contribution in [0, 0.1) is 5.92 Å². The first-order valence-electron chi connectivity index (χ1n) is 7.15. The van der Waals surface area contributed by atoms with E-state index in [2.05, 4.69) is 32.2 Å². The van der Waals surface area contributed by atoms with Crippen LogP contribution in [0.4, 0.5) is 0 Å². The number of rotatable bonds is 9. The number of ether oxygens (including phenoxy) is 2. The lowest BCUT2D eigenvalue weighted by atomic mass is 10.1. The fraction of sp³-hybridized carbons (Fsp3) is 0.625. The average Bonchev–Trinajstić information content (AvgIpc) is 2.45. The molecule has 1 aromatic rings. The van der Waals surface area contributed by atoms with Crippen LogP contribution in [0.15, 0.2) is 18.2 Å². The second-order valence-corrected chi connectivity index (χ2v) is 6.22. The van der Waals surface area contributed by atoms with Crippen molar-refractivity contribution in [3.05, 3.63) is 23.8 Å². The molecule has 1 aromatic carbocycles. The van der Waals surface area contributed by atoms with E-state index in [1.165, 1.54) is 11.3 Å². The molecule has 0 saturated carbocycles. The molecule has 0 amide bonds. The van der Waals surface area contributed by atoms with Gasteiger partial charge in [0.15, 0.2) is 0 Å². The van der Waals surface area contributed by atoms with Crippen molar-refractivity contribution >= 4 is 11.8 Å². The van der Waals surface area contributed by atoms with E-state index in [1.54, 1.807) is 14.2 Å². The number of nitrogens with one attached hydrogen (secondary N) is 1. The molecule has 0 spiro atoms. The molecule has 0 aliphatic carbocycles. The van der Waals surface area contributed by atoms with E-state index >= 15 is 0 Å². The third-order valence-electron chi connectivity index (χ3n) is 3.00. The Hall–Kier alpha value is -0.870. The largest absolute Gasteiger partial charge is 0.497 e. The molecule has 1 unspecified atom stereocenters. The molecule has 4 heteroatoms. The SMILES string of the molecule is CCNC(CSCC(C)C)c1ccc(OC)cc1OC. The Kier molecular flexibility index (Phi) is 7.85. The predicted molar refractivity (Wildman–Crippen MR) is 88.1 cm³/mol. The van der Waals surface area contributed by atoms with E-state index in [0.29, 0.717) is 6.04 Å². The molecule has 0 aromatic heterocycles. The lowest BCUT2D eigenvalue weighted by Crippen LogP contribution is -2.23. The van der Waals surface area contributed by atoms with Gasteiger partial charge >= 0.3 is 0 Å². The molecule has 0 bridgehead atoms. The van der Waals surface area contributed by atoms with Crippen molar-refractivity contribution in [1.29, 1.82) is 0 Å². The summed E-state index contributed by atoms with van der Waals surface area (Å²) in [5.74, 6) is 4.67. The molecule has 0 fully saturated rings. The van der Waals surface area contributed by atoms with E-state index < -0.39 is 0 Å². The van der Waals surface area contributed by atoms with Crippen LogP contribution in [-0.2, 0) is 0 Å². The van der Waals surface area contributed by atoms with Gasteiger partial charge in [-0.15, -0.1) is 0 Å². The van der Waals surface area contributed by atoms with Gasteiger partial charge in [0.05, 0.1) is 14.2 Å². The highest BCUT2D eigenvalue weighted by Crippen LogP contribution is 2.31. The first-order valence-corrected chi connectivity index (χ1v) is 8.30. The smallest absolute Gasteiger partial charge is 0.127 e. The monoisotopic (exact) mass is 297 g/mol. The average molecular weight is 297 g/mol. The highest BCUT2D eigenvalue weighted by Gasteiger charge is 2.16. The lowest BCUT2D eigenvalue weighted by Gasteiger charge is -2.21. The quantitative estimate of drug-likeness (QED) is 0.752. The van der Waals surface area contributed by atoms with E-state index in [-0.39, 0.29) is 0 Å². The molecule has 20 heavy (non-hydrogen) atoms. The minimum atomic E-state index is 0.310.